The van der Waals surface area contributed by atoms with Gasteiger partial charge in [0.25, 0.3) is 0 Å². The van der Waals surface area contributed by atoms with E-state index < -0.39 is 0 Å². The summed E-state index contributed by atoms with van der Waals surface area (Å²) in [4.78, 5) is 11.5. The van der Waals surface area contributed by atoms with Crippen LogP contribution in [0.5, 0.6) is 0 Å². The first-order valence-electron chi connectivity index (χ1n) is 7.31. The Labute approximate surface area is 129 Å². The molecule has 0 radical (unpaired) electrons. The highest BCUT2D eigenvalue weighted by atomic mass is 32.2. The standard InChI is InChI=1S/C18H18O2S/c1-2-17(19)20-21-18-15-9-5-3-7-13(15)11-12-14-8-4-6-10-16(14)18/h3-10,18H,2,11-12H2,1H3. The summed E-state index contributed by atoms with van der Waals surface area (Å²) in [5.41, 5.74) is 5.21. The molecule has 3 rings (SSSR count). The van der Waals surface area contributed by atoms with Gasteiger partial charge in [-0.3, -0.25) is 4.79 Å². The molecule has 0 spiro atoms. The summed E-state index contributed by atoms with van der Waals surface area (Å²) in [6.45, 7) is 1.82. The quantitative estimate of drug-likeness (QED) is 0.782. The number of fused-ring (bicyclic) bond motifs is 2. The Morgan fingerprint density at radius 1 is 1.05 bits per heavy atom. The van der Waals surface area contributed by atoms with Crippen molar-refractivity contribution in [1.29, 1.82) is 0 Å². The van der Waals surface area contributed by atoms with Crippen molar-refractivity contribution in [3.8, 4) is 0 Å². The van der Waals surface area contributed by atoms with Crippen LogP contribution in [0.3, 0.4) is 0 Å². The van der Waals surface area contributed by atoms with Gasteiger partial charge in [-0.05, 0) is 35.1 Å². The molecule has 0 heterocycles. The third-order valence-electron chi connectivity index (χ3n) is 3.86. The number of hydrogen-bond donors (Lipinski definition) is 0. The second kappa shape index (κ2) is 6.35. The van der Waals surface area contributed by atoms with Gasteiger partial charge >= 0.3 is 5.97 Å². The second-order valence-electron chi connectivity index (χ2n) is 5.18. The van der Waals surface area contributed by atoms with Gasteiger partial charge in [0.15, 0.2) is 0 Å². The van der Waals surface area contributed by atoms with E-state index in [4.69, 9.17) is 4.18 Å². The summed E-state index contributed by atoms with van der Waals surface area (Å²) < 4.78 is 5.38. The molecule has 2 aromatic rings. The second-order valence-corrected chi connectivity index (χ2v) is 6.01. The van der Waals surface area contributed by atoms with Crippen LogP contribution in [0.1, 0.15) is 40.8 Å². The summed E-state index contributed by atoms with van der Waals surface area (Å²) >= 11 is 1.28. The molecule has 0 aromatic heterocycles. The molecule has 2 aromatic carbocycles. The molecule has 0 saturated carbocycles. The lowest BCUT2D eigenvalue weighted by molar-refractivity contribution is -0.132. The number of carbonyl (C=O) groups excluding carboxylic acids is 1. The van der Waals surface area contributed by atoms with Crippen LogP contribution in [0.25, 0.3) is 0 Å². The largest absolute Gasteiger partial charge is 0.390 e. The molecule has 1 aliphatic carbocycles. The van der Waals surface area contributed by atoms with E-state index >= 15 is 0 Å². The summed E-state index contributed by atoms with van der Waals surface area (Å²) in [6, 6.07) is 16.9. The molecular formula is C18H18O2S. The molecule has 0 saturated heterocycles. The van der Waals surface area contributed by atoms with Gasteiger partial charge in [-0.1, -0.05) is 55.5 Å². The Morgan fingerprint density at radius 2 is 1.57 bits per heavy atom. The van der Waals surface area contributed by atoms with Crippen LogP contribution in [-0.4, -0.2) is 5.97 Å². The SMILES string of the molecule is CCC(=O)OSC1c2ccccc2CCc2ccccc21. The Balaban J connectivity index is 2.00. The molecule has 0 atom stereocenters. The average molecular weight is 298 g/mol. The van der Waals surface area contributed by atoms with Crippen molar-refractivity contribution >= 4 is 18.0 Å². The number of hydrogen-bond acceptors (Lipinski definition) is 3. The van der Waals surface area contributed by atoms with Gasteiger partial charge in [0, 0.05) is 6.42 Å². The highest BCUT2D eigenvalue weighted by molar-refractivity contribution is 7.95. The molecular weight excluding hydrogens is 280 g/mol. The van der Waals surface area contributed by atoms with Crippen molar-refractivity contribution in [2.45, 2.75) is 31.4 Å². The van der Waals surface area contributed by atoms with E-state index in [-0.39, 0.29) is 11.2 Å². The van der Waals surface area contributed by atoms with Gasteiger partial charge in [-0.15, -0.1) is 0 Å². The maximum Gasteiger partial charge on any atom is 0.317 e. The Morgan fingerprint density at radius 3 is 2.10 bits per heavy atom. The van der Waals surface area contributed by atoms with Gasteiger partial charge in [-0.2, -0.15) is 0 Å². The molecule has 1 aliphatic rings. The zero-order valence-electron chi connectivity index (χ0n) is 12.0. The first-order chi connectivity index (χ1) is 10.3. The van der Waals surface area contributed by atoms with E-state index in [1.807, 2.05) is 6.92 Å². The minimum absolute atomic E-state index is 0.0652. The van der Waals surface area contributed by atoms with Gasteiger partial charge in [-0.25, -0.2) is 0 Å². The van der Waals surface area contributed by atoms with Crippen LogP contribution in [-0.2, 0) is 21.8 Å². The highest BCUT2D eigenvalue weighted by Gasteiger charge is 2.25. The number of rotatable bonds is 3. The van der Waals surface area contributed by atoms with Crippen molar-refractivity contribution in [3.63, 3.8) is 0 Å². The van der Waals surface area contributed by atoms with Gasteiger partial charge < -0.3 is 4.18 Å². The van der Waals surface area contributed by atoms with E-state index in [1.165, 1.54) is 34.3 Å². The van der Waals surface area contributed by atoms with E-state index in [2.05, 4.69) is 48.5 Å². The first kappa shape index (κ1) is 14.2. The van der Waals surface area contributed by atoms with E-state index in [0.29, 0.717) is 6.42 Å². The van der Waals surface area contributed by atoms with Crippen LogP contribution in [0.2, 0.25) is 0 Å². The monoisotopic (exact) mass is 298 g/mol. The third-order valence-corrected chi connectivity index (χ3v) is 4.85. The fourth-order valence-electron chi connectivity index (χ4n) is 2.74. The molecule has 0 bridgehead atoms. The fraction of sp³-hybridized carbons (Fsp3) is 0.278. The lowest BCUT2D eigenvalue weighted by atomic mass is 10.00. The van der Waals surface area contributed by atoms with Gasteiger partial charge in [0.05, 0.1) is 17.3 Å². The van der Waals surface area contributed by atoms with Crippen molar-refractivity contribution in [3.05, 3.63) is 70.8 Å². The van der Waals surface area contributed by atoms with Crippen LogP contribution in [0.4, 0.5) is 0 Å². The Bertz CT molecular complexity index is 604. The highest BCUT2D eigenvalue weighted by Crippen LogP contribution is 2.42. The lowest BCUT2D eigenvalue weighted by Gasteiger charge is -2.18. The molecule has 21 heavy (non-hydrogen) atoms. The zero-order chi connectivity index (χ0) is 14.7. The maximum atomic E-state index is 11.5. The number of carbonyl (C=O) groups is 1. The van der Waals surface area contributed by atoms with Gasteiger partial charge in [0.2, 0.25) is 0 Å². The van der Waals surface area contributed by atoms with Crippen LogP contribution in [0, 0.1) is 0 Å². The lowest BCUT2D eigenvalue weighted by Crippen LogP contribution is -2.04. The van der Waals surface area contributed by atoms with Gasteiger partial charge in [0.1, 0.15) is 0 Å². The van der Waals surface area contributed by atoms with E-state index in [0.717, 1.165) is 12.8 Å². The van der Waals surface area contributed by atoms with Crippen LogP contribution < -0.4 is 0 Å². The summed E-state index contributed by atoms with van der Waals surface area (Å²) in [5, 5.41) is 0.0652. The smallest absolute Gasteiger partial charge is 0.317 e. The Hall–Kier alpha value is -1.74. The summed E-state index contributed by atoms with van der Waals surface area (Å²) in [6.07, 6.45) is 2.47. The maximum absolute atomic E-state index is 11.5. The third kappa shape index (κ3) is 2.98. The van der Waals surface area contributed by atoms with Crippen LogP contribution >= 0.6 is 12.0 Å². The molecule has 3 heteroatoms. The van der Waals surface area contributed by atoms with E-state index in [9.17, 15) is 4.79 Å². The van der Waals surface area contributed by atoms with E-state index in [1.54, 1.807) is 0 Å². The predicted molar refractivity (Wildman–Crippen MR) is 86.1 cm³/mol. The molecule has 0 fully saturated rings. The Kier molecular flexibility index (Phi) is 4.30. The number of aryl methyl sites for hydroxylation is 2. The molecule has 2 nitrogen and oxygen atoms in total. The summed E-state index contributed by atoms with van der Waals surface area (Å²) in [7, 11) is 0. The normalized spacial score (nSPS) is 14.0. The van der Waals surface area contributed by atoms with Crippen molar-refractivity contribution in [2.75, 3.05) is 0 Å². The van der Waals surface area contributed by atoms with Crippen LogP contribution in [0.15, 0.2) is 48.5 Å². The topological polar surface area (TPSA) is 26.3 Å². The fourth-order valence-corrected chi connectivity index (χ4v) is 3.73. The molecule has 108 valence electrons. The molecule has 0 aliphatic heterocycles. The predicted octanol–water partition coefficient (Wildman–Crippen LogP) is 4.48. The molecule has 0 amide bonds. The number of benzene rings is 2. The van der Waals surface area contributed by atoms with Crippen molar-refractivity contribution in [1.82, 2.24) is 0 Å². The first-order valence-corrected chi connectivity index (χ1v) is 8.12. The minimum Gasteiger partial charge on any atom is -0.390 e. The summed E-state index contributed by atoms with van der Waals surface area (Å²) in [5.74, 6) is -0.167. The minimum atomic E-state index is -0.167. The average Bonchev–Trinajstić information content (AvgIpc) is 2.69. The molecule has 0 N–H and O–H groups in total. The van der Waals surface area contributed by atoms with Crippen molar-refractivity contribution in [2.24, 2.45) is 0 Å². The zero-order valence-corrected chi connectivity index (χ0v) is 12.9. The van der Waals surface area contributed by atoms with Crippen molar-refractivity contribution < 1.29 is 8.98 Å². The molecule has 0 unspecified atom stereocenters.